The van der Waals surface area contributed by atoms with Crippen LogP contribution in [0.2, 0.25) is 0 Å². The molecular weight excluding hydrogens is 476 g/mol. The molecule has 6 nitrogen and oxygen atoms in total. The first-order valence-corrected chi connectivity index (χ1v) is 15.0. The molecule has 0 radical (unpaired) electrons. The number of likely N-dealkylation sites (tertiary alicyclic amines) is 1. The zero-order valence-electron chi connectivity index (χ0n) is 27.6. The Bertz CT molecular complexity index is 643. The van der Waals surface area contributed by atoms with Gasteiger partial charge in [0.15, 0.2) is 0 Å². The quantitative estimate of drug-likeness (QED) is 0.221. The fourth-order valence-electron chi connectivity index (χ4n) is 6.56. The summed E-state index contributed by atoms with van der Waals surface area (Å²) in [5.74, 6) is 0.129. The molecule has 1 heterocycles. The van der Waals surface area contributed by atoms with Gasteiger partial charge in [-0.25, -0.2) is 0 Å². The number of hydrogen-bond acceptors (Lipinski definition) is 5. The van der Waals surface area contributed by atoms with Crippen molar-refractivity contribution >= 4 is 12.2 Å². The van der Waals surface area contributed by atoms with Crippen molar-refractivity contribution in [1.82, 2.24) is 10.2 Å². The summed E-state index contributed by atoms with van der Waals surface area (Å²) in [6.07, 6.45) is 8.16. The van der Waals surface area contributed by atoms with E-state index in [-0.39, 0.29) is 22.8 Å². The third kappa shape index (κ3) is 17.6. The second-order valence-electron chi connectivity index (χ2n) is 14.2. The van der Waals surface area contributed by atoms with Crippen molar-refractivity contribution in [3.05, 3.63) is 0 Å². The van der Waals surface area contributed by atoms with Crippen molar-refractivity contribution in [3.63, 3.8) is 0 Å². The Labute approximate surface area is 237 Å². The Kier molecular flexibility index (Phi) is 18.9. The van der Waals surface area contributed by atoms with Gasteiger partial charge in [-0.2, -0.15) is 0 Å². The van der Waals surface area contributed by atoms with E-state index in [4.69, 9.17) is 4.74 Å². The van der Waals surface area contributed by atoms with E-state index in [1.165, 1.54) is 19.3 Å². The van der Waals surface area contributed by atoms with Gasteiger partial charge in [0.2, 0.25) is 5.91 Å². The first kappa shape index (κ1) is 39.2. The van der Waals surface area contributed by atoms with Crippen molar-refractivity contribution < 1.29 is 19.4 Å². The van der Waals surface area contributed by atoms with Gasteiger partial charge in [0.25, 0.3) is 0 Å². The second kappa shape index (κ2) is 18.4. The lowest BCUT2D eigenvalue weighted by atomic mass is 9.71. The Hall–Kier alpha value is -0.980. The average molecular weight is 543 g/mol. The summed E-state index contributed by atoms with van der Waals surface area (Å²) >= 11 is 0. The lowest BCUT2D eigenvalue weighted by molar-refractivity contribution is -0.135. The maximum atomic E-state index is 12.7. The van der Waals surface area contributed by atoms with E-state index in [0.717, 1.165) is 25.7 Å². The molecule has 38 heavy (non-hydrogen) atoms. The number of carbonyl (C=O) groups is 2. The van der Waals surface area contributed by atoms with Gasteiger partial charge >= 0.3 is 0 Å². The van der Waals surface area contributed by atoms with E-state index in [1.54, 1.807) is 12.0 Å². The van der Waals surface area contributed by atoms with E-state index < -0.39 is 6.10 Å². The molecule has 1 amide bonds. The number of aliphatic hydroxyl groups excluding tert-OH is 1. The van der Waals surface area contributed by atoms with E-state index in [1.807, 2.05) is 20.9 Å². The van der Waals surface area contributed by atoms with Crippen LogP contribution in [0.15, 0.2) is 0 Å². The molecule has 228 valence electrons. The topological polar surface area (TPSA) is 78.9 Å². The van der Waals surface area contributed by atoms with Gasteiger partial charge in [0.05, 0.1) is 18.8 Å². The number of hydrogen-bond donors (Lipinski definition) is 2. The van der Waals surface area contributed by atoms with Gasteiger partial charge < -0.3 is 24.9 Å². The van der Waals surface area contributed by atoms with Crippen LogP contribution in [0.5, 0.6) is 0 Å². The number of β-amino-alcohol motifs (C(OH)–C–C–N with tert-alkyl or cyclic N) is 1. The van der Waals surface area contributed by atoms with Crippen LogP contribution in [-0.2, 0) is 14.3 Å². The number of amides is 1. The first-order valence-electron chi connectivity index (χ1n) is 15.0. The van der Waals surface area contributed by atoms with Gasteiger partial charge in [0.1, 0.15) is 6.29 Å². The van der Waals surface area contributed by atoms with Gasteiger partial charge in [0, 0.05) is 26.5 Å². The van der Waals surface area contributed by atoms with Gasteiger partial charge in [-0.15, -0.1) is 0 Å². The molecule has 0 saturated carbocycles. The molecule has 2 N–H and O–H groups in total. The van der Waals surface area contributed by atoms with Crippen LogP contribution < -0.4 is 5.32 Å². The first-order chi connectivity index (χ1) is 17.4. The van der Waals surface area contributed by atoms with Crippen LogP contribution in [0.1, 0.15) is 128 Å². The molecule has 1 saturated heterocycles. The van der Waals surface area contributed by atoms with Crippen molar-refractivity contribution in [1.29, 1.82) is 0 Å². The molecule has 6 heteroatoms. The van der Waals surface area contributed by atoms with Crippen LogP contribution in [0, 0.1) is 21.7 Å². The summed E-state index contributed by atoms with van der Waals surface area (Å²) in [4.78, 5) is 24.8. The minimum atomic E-state index is -0.423. The van der Waals surface area contributed by atoms with Gasteiger partial charge in [-0.05, 0) is 67.4 Å². The zero-order chi connectivity index (χ0) is 30.2. The molecule has 0 aromatic rings. The Morgan fingerprint density at radius 3 is 1.97 bits per heavy atom. The summed E-state index contributed by atoms with van der Waals surface area (Å²) in [6.45, 7) is 26.1. The number of nitrogens with zero attached hydrogens (tertiary/aromatic N) is 1. The summed E-state index contributed by atoms with van der Waals surface area (Å²) in [6, 6.07) is 0.00798. The molecule has 1 aliphatic heterocycles. The highest BCUT2D eigenvalue weighted by molar-refractivity contribution is 5.77. The van der Waals surface area contributed by atoms with Crippen molar-refractivity contribution in [2.24, 2.45) is 21.7 Å². The monoisotopic (exact) mass is 543 g/mol. The smallest absolute Gasteiger partial charge is 0.223 e. The molecule has 1 rings (SSSR count). The van der Waals surface area contributed by atoms with Crippen LogP contribution in [-0.4, -0.2) is 68.2 Å². The van der Waals surface area contributed by atoms with E-state index >= 15 is 0 Å². The number of ether oxygens (including phenoxy) is 1. The highest BCUT2D eigenvalue weighted by Crippen LogP contribution is 2.39. The van der Waals surface area contributed by atoms with Crippen LogP contribution >= 0.6 is 0 Å². The average Bonchev–Trinajstić information content (AvgIpc) is 3.12. The Balaban J connectivity index is 0. The number of aldehydes is 1. The Morgan fingerprint density at radius 2 is 1.50 bits per heavy atom. The minimum absolute atomic E-state index is 0.00798. The summed E-state index contributed by atoms with van der Waals surface area (Å²) in [5, 5.41) is 13.1. The molecule has 1 aliphatic rings. The zero-order valence-corrected chi connectivity index (χ0v) is 27.6. The molecule has 0 aliphatic carbocycles. The second-order valence-corrected chi connectivity index (χ2v) is 14.2. The molecule has 0 aromatic heterocycles. The minimum Gasteiger partial charge on any atom is -0.391 e. The summed E-state index contributed by atoms with van der Waals surface area (Å²) < 4.78 is 5.18. The maximum Gasteiger partial charge on any atom is 0.223 e. The third-order valence-electron chi connectivity index (χ3n) is 7.14. The fourth-order valence-corrected chi connectivity index (χ4v) is 6.56. The highest BCUT2D eigenvalue weighted by Gasteiger charge is 2.37. The Morgan fingerprint density at radius 1 is 0.974 bits per heavy atom. The van der Waals surface area contributed by atoms with Crippen LogP contribution in [0.4, 0.5) is 0 Å². The maximum absolute atomic E-state index is 12.7. The molecule has 0 aromatic carbocycles. The lowest BCUT2D eigenvalue weighted by Crippen LogP contribution is -2.41. The van der Waals surface area contributed by atoms with E-state index in [9.17, 15) is 14.7 Å². The molecule has 0 bridgehead atoms. The number of nitrogens with one attached hydrogen (secondary N) is 1. The summed E-state index contributed by atoms with van der Waals surface area (Å²) in [5.41, 5.74) is 0.804. The van der Waals surface area contributed by atoms with Crippen molar-refractivity contribution in [3.8, 4) is 0 Å². The highest BCUT2D eigenvalue weighted by atomic mass is 16.5. The van der Waals surface area contributed by atoms with E-state index in [0.29, 0.717) is 43.2 Å². The van der Waals surface area contributed by atoms with E-state index in [2.05, 4.69) is 67.6 Å². The number of carbonyl (C=O) groups excluding carboxylic acids is 2. The third-order valence-corrected chi connectivity index (χ3v) is 7.14. The largest absolute Gasteiger partial charge is 0.391 e. The van der Waals surface area contributed by atoms with Crippen molar-refractivity contribution in [2.75, 3.05) is 33.9 Å². The SMILES string of the molecule is CC.CCCC(C)(C)CC(C)(C)CCC=O.CNCC(C)(C)CC(C)(C)CC(=O)N1CC(O)CC1COC. The lowest BCUT2D eigenvalue weighted by Gasteiger charge is -2.36. The number of methoxy groups -OCH3 is 1. The standard InChI is InChI=1S/C17H34N2O3.C13H26O.C2H6/c1-16(2,11-17(3,4)12-18-5)8-15(21)19-9-14(20)7-13(19)10-22-6;1-6-8-12(2,3)11-13(4,5)9-7-10-14;1-2/h13-14,18,20H,7-12H2,1-6H3;10H,6-9,11H2,1-5H3;1-2H3. The van der Waals surface area contributed by atoms with Crippen molar-refractivity contribution in [2.45, 2.75) is 140 Å². The van der Waals surface area contributed by atoms with Gasteiger partial charge in [-0.1, -0.05) is 82.6 Å². The molecule has 0 spiro atoms. The predicted molar refractivity (Wildman–Crippen MR) is 162 cm³/mol. The molecular formula is C32H66N2O4. The molecule has 1 fully saturated rings. The number of aliphatic hydroxyl groups is 1. The summed E-state index contributed by atoms with van der Waals surface area (Å²) in [7, 11) is 3.60. The van der Waals surface area contributed by atoms with Crippen LogP contribution in [0.3, 0.4) is 0 Å². The fraction of sp³-hybridized carbons (Fsp3) is 0.938. The predicted octanol–water partition coefficient (Wildman–Crippen LogP) is 6.88. The number of rotatable bonds is 15. The van der Waals surface area contributed by atoms with Crippen LogP contribution in [0.25, 0.3) is 0 Å². The molecule has 2 unspecified atom stereocenters. The normalized spacial score (nSPS) is 18.3. The molecule has 2 atom stereocenters. The van der Waals surface area contributed by atoms with Gasteiger partial charge in [-0.3, -0.25) is 4.79 Å².